The summed E-state index contributed by atoms with van der Waals surface area (Å²) in [4.78, 5) is 8.71. The second-order valence-corrected chi connectivity index (χ2v) is 10.7. The Bertz CT molecular complexity index is 1220. The van der Waals surface area contributed by atoms with Crippen molar-refractivity contribution in [2.45, 2.75) is 23.4 Å². The smallest absolute Gasteiger partial charge is 0.263 e. The van der Waals surface area contributed by atoms with E-state index < -0.39 is 10.0 Å². The number of hydrogen-bond donors (Lipinski definition) is 1. The van der Waals surface area contributed by atoms with Crippen LogP contribution in [-0.4, -0.2) is 60.9 Å². The Hall–Kier alpha value is -2.60. The van der Waals surface area contributed by atoms with E-state index in [1.54, 1.807) is 12.1 Å². The lowest BCUT2D eigenvalue weighted by atomic mass is 9.93. The van der Waals surface area contributed by atoms with Crippen LogP contribution in [0.2, 0.25) is 0 Å². The van der Waals surface area contributed by atoms with E-state index >= 15 is 0 Å². The number of likely N-dealkylation sites (N-methyl/N-ethyl adjacent to an activating group) is 1. The van der Waals surface area contributed by atoms with Crippen LogP contribution in [0.4, 0.5) is 9.52 Å². The number of nitrogens with one attached hydrogen (secondary N) is 1. The molecule has 3 aromatic rings. The Kier molecular flexibility index (Phi) is 6.04. The predicted octanol–water partition coefficient (Wildman–Crippen LogP) is 3.29. The van der Waals surface area contributed by atoms with E-state index in [4.69, 9.17) is 4.74 Å². The average Bonchev–Trinajstić information content (AvgIpc) is 3.31. The first-order chi connectivity index (χ1) is 15.9. The highest BCUT2D eigenvalue weighted by atomic mass is 32.2. The van der Waals surface area contributed by atoms with Gasteiger partial charge in [0, 0.05) is 61.3 Å². The lowest BCUT2D eigenvalue weighted by molar-refractivity contribution is 0.0334. The molecule has 0 spiro atoms. The topological polar surface area (TPSA) is 87.7 Å². The number of rotatable bonds is 5. The van der Waals surface area contributed by atoms with E-state index in [9.17, 15) is 12.8 Å². The predicted molar refractivity (Wildman–Crippen MR) is 123 cm³/mol. The zero-order valence-electron chi connectivity index (χ0n) is 18.0. The summed E-state index contributed by atoms with van der Waals surface area (Å²) in [5, 5.41) is 0.214. The van der Waals surface area contributed by atoms with Crippen molar-refractivity contribution in [3.05, 3.63) is 65.7 Å². The van der Waals surface area contributed by atoms with Crippen molar-refractivity contribution in [3.8, 4) is 5.75 Å². The Morgan fingerprint density at radius 2 is 1.97 bits per heavy atom. The SMILES string of the molecule is CN1CCN(C2CCOc3cc(S(=O)(=O)Nc4ncns4)ccc32)[C@H](c2ccc(F)cc2)C1. The summed E-state index contributed by atoms with van der Waals surface area (Å²) in [7, 11) is -1.71. The molecular weight excluding hydrogens is 465 g/mol. The first-order valence-electron chi connectivity index (χ1n) is 10.7. The Morgan fingerprint density at radius 3 is 2.73 bits per heavy atom. The van der Waals surface area contributed by atoms with Gasteiger partial charge in [0.05, 0.1) is 11.5 Å². The summed E-state index contributed by atoms with van der Waals surface area (Å²) in [6.07, 6.45) is 2.10. The zero-order valence-corrected chi connectivity index (χ0v) is 19.7. The molecule has 1 unspecified atom stereocenters. The molecule has 2 aromatic carbocycles. The van der Waals surface area contributed by atoms with Gasteiger partial charge in [-0.05, 0) is 30.8 Å². The maximum Gasteiger partial charge on any atom is 0.263 e. The molecule has 0 amide bonds. The molecule has 0 radical (unpaired) electrons. The number of anilines is 1. The monoisotopic (exact) mass is 489 g/mol. The maximum atomic E-state index is 13.5. The summed E-state index contributed by atoms with van der Waals surface area (Å²) >= 11 is 0.975. The molecule has 0 bridgehead atoms. The normalized spacial score (nSPS) is 21.9. The van der Waals surface area contributed by atoms with Gasteiger partial charge in [0.1, 0.15) is 17.9 Å². The van der Waals surface area contributed by atoms with Crippen LogP contribution >= 0.6 is 11.5 Å². The largest absolute Gasteiger partial charge is 0.493 e. The van der Waals surface area contributed by atoms with Gasteiger partial charge in [0.15, 0.2) is 0 Å². The fraction of sp³-hybridized carbons (Fsp3) is 0.364. The quantitative estimate of drug-likeness (QED) is 0.588. The van der Waals surface area contributed by atoms with E-state index in [0.29, 0.717) is 12.4 Å². The Labute approximate surface area is 196 Å². The molecule has 8 nitrogen and oxygen atoms in total. The van der Waals surface area contributed by atoms with E-state index in [-0.39, 0.29) is 27.9 Å². The second-order valence-electron chi connectivity index (χ2n) is 8.27. The van der Waals surface area contributed by atoms with Gasteiger partial charge in [-0.1, -0.05) is 18.2 Å². The Balaban J connectivity index is 1.45. The highest BCUT2D eigenvalue weighted by Crippen LogP contribution is 2.42. The molecule has 1 fully saturated rings. The van der Waals surface area contributed by atoms with Crippen LogP contribution in [0.15, 0.2) is 53.7 Å². The van der Waals surface area contributed by atoms with Gasteiger partial charge in [0.2, 0.25) is 5.13 Å². The molecular formula is C22H24FN5O3S2. The number of benzene rings is 2. The van der Waals surface area contributed by atoms with Crippen molar-refractivity contribution in [1.82, 2.24) is 19.2 Å². The van der Waals surface area contributed by atoms with Crippen LogP contribution < -0.4 is 9.46 Å². The van der Waals surface area contributed by atoms with Crippen molar-refractivity contribution in [3.63, 3.8) is 0 Å². The van der Waals surface area contributed by atoms with Crippen molar-refractivity contribution in [1.29, 1.82) is 0 Å². The molecule has 2 aliphatic heterocycles. The highest BCUT2D eigenvalue weighted by Gasteiger charge is 2.36. The minimum Gasteiger partial charge on any atom is -0.493 e. The van der Waals surface area contributed by atoms with Gasteiger partial charge in [-0.25, -0.2) is 17.8 Å². The molecule has 3 heterocycles. The van der Waals surface area contributed by atoms with Crippen LogP contribution in [-0.2, 0) is 10.0 Å². The summed E-state index contributed by atoms with van der Waals surface area (Å²) in [5.41, 5.74) is 2.03. The molecule has 174 valence electrons. The van der Waals surface area contributed by atoms with Crippen LogP contribution in [0, 0.1) is 5.82 Å². The van der Waals surface area contributed by atoms with Crippen LogP contribution in [0.5, 0.6) is 5.75 Å². The standard InChI is InChI=1S/C22H24FN5O3S2/c1-27-9-10-28(20(13-27)15-2-4-16(23)5-3-15)19-8-11-31-21-12-17(6-7-18(19)21)33(29,30)26-22-24-14-25-32-22/h2-7,12,14,19-20H,8-11,13H2,1H3,(H,24,25,26)/t19?,20-/m0/s1. The highest BCUT2D eigenvalue weighted by molar-refractivity contribution is 7.93. The molecule has 1 aromatic heterocycles. The van der Waals surface area contributed by atoms with Gasteiger partial charge < -0.3 is 9.64 Å². The van der Waals surface area contributed by atoms with Gasteiger partial charge in [-0.3, -0.25) is 9.62 Å². The first kappa shape index (κ1) is 22.2. The summed E-state index contributed by atoms with van der Waals surface area (Å²) in [6, 6.07) is 11.9. The number of halogens is 1. The molecule has 11 heteroatoms. The number of ether oxygens (including phenoxy) is 1. The molecule has 33 heavy (non-hydrogen) atoms. The molecule has 0 aliphatic carbocycles. The summed E-state index contributed by atoms with van der Waals surface area (Å²) in [5.74, 6) is 0.324. The third-order valence-electron chi connectivity index (χ3n) is 6.17. The summed E-state index contributed by atoms with van der Waals surface area (Å²) < 4.78 is 51.3. The number of sulfonamides is 1. The minimum absolute atomic E-state index is 0.0744. The molecule has 2 atom stereocenters. The van der Waals surface area contributed by atoms with E-state index in [1.807, 2.05) is 18.2 Å². The lowest BCUT2D eigenvalue weighted by Gasteiger charge is -2.46. The maximum absolute atomic E-state index is 13.5. The van der Waals surface area contributed by atoms with E-state index in [1.165, 1.54) is 18.5 Å². The number of hydrogen-bond acceptors (Lipinski definition) is 8. The Morgan fingerprint density at radius 1 is 1.15 bits per heavy atom. The third-order valence-corrected chi connectivity index (χ3v) is 8.21. The van der Waals surface area contributed by atoms with Crippen molar-refractivity contribution >= 4 is 26.7 Å². The number of piperazine rings is 1. The number of nitrogens with zero attached hydrogens (tertiary/aromatic N) is 4. The van der Waals surface area contributed by atoms with Gasteiger partial charge >= 0.3 is 0 Å². The minimum atomic E-state index is -3.80. The van der Waals surface area contributed by atoms with E-state index in [0.717, 1.165) is 48.7 Å². The van der Waals surface area contributed by atoms with Crippen molar-refractivity contribution in [2.75, 3.05) is 38.0 Å². The van der Waals surface area contributed by atoms with Crippen LogP contribution in [0.25, 0.3) is 0 Å². The summed E-state index contributed by atoms with van der Waals surface area (Å²) in [6.45, 7) is 3.09. The van der Waals surface area contributed by atoms with Crippen molar-refractivity contribution < 1.29 is 17.5 Å². The van der Waals surface area contributed by atoms with Crippen molar-refractivity contribution in [2.24, 2.45) is 0 Å². The lowest BCUT2D eigenvalue weighted by Crippen LogP contribution is -2.49. The third kappa shape index (κ3) is 4.58. The fourth-order valence-electron chi connectivity index (χ4n) is 4.54. The van der Waals surface area contributed by atoms with E-state index in [2.05, 4.69) is 30.9 Å². The average molecular weight is 490 g/mol. The molecule has 2 aliphatic rings. The van der Waals surface area contributed by atoms with Gasteiger partial charge in [-0.15, -0.1) is 0 Å². The fourth-order valence-corrected chi connectivity index (χ4v) is 6.22. The molecule has 1 saturated heterocycles. The van der Waals surface area contributed by atoms with Crippen LogP contribution in [0.1, 0.15) is 29.6 Å². The van der Waals surface area contributed by atoms with Gasteiger partial charge in [0.25, 0.3) is 10.0 Å². The number of aromatic nitrogens is 2. The molecule has 5 rings (SSSR count). The molecule has 1 N–H and O–H groups in total. The zero-order chi connectivity index (χ0) is 23.0. The first-order valence-corrected chi connectivity index (χ1v) is 12.9. The van der Waals surface area contributed by atoms with Crippen LogP contribution in [0.3, 0.4) is 0 Å². The second kappa shape index (κ2) is 8.98. The van der Waals surface area contributed by atoms with Gasteiger partial charge in [-0.2, -0.15) is 4.37 Å². The molecule has 0 saturated carbocycles. The number of fused-ring (bicyclic) bond motifs is 1.